The fourth-order valence-electron chi connectivity index (χ4n) is 3.10. The van der Waals surface area contributed by atoms with Crippen LogP contribution < -0.4 is 9.62 Å². The van der Waals surface area contributed by atoms with Gasteiger partial charge in [-0.3, -0.25) is 13.9 Å². The van der Waals surface area contributed by atoms with E-state index in [9.17, 15) is 18.0 Å². The number of amides is 2. The van der Waals surface area contributed by atoms with Crippen molar-refractivity contribution in [3.05, 3.63) is 62.5 Å². The highest BCUT2D eigenvalue weighted by Gasteiger charge is 2.31. The molecular weight excluding hydrogens is 565 g/mol. The number of carbonyl (C=O) groups is 2. The van der Waals surface area contributed by atoms with E-state index in [2.05, 4.69) is 21.2 Å². The van der Waals surface area contributed by atoms with Gasteiger partial charge in [0.05, 0.1) is 22.0 Å². The summed E-state index contributed by atoms with van der Waals surface area (Å²) in [5, 5.41) is 3.01. The highest BCUT2D eigenvalue weighted by molar-refractivity contribution is 9.10. The van der Waals surface area contributed by atoms with E-state index in [0.29, 0.717) is 6.54 Å². The first-order valence-corrected chi connectivity index (χ1v) is 13.9. The van der Waals surface area contributed by atoms with Crippen molar-refractivity contribution in [3.8, 4) is 0 Å². The van der Waals surface area contributed by atoms with Crippen molar-refractivity contribution in [1.82, 2.24) is 10.2 Å². The molecule has 1 atom stereocenters. The zero-order valence-corrected chi connectivity index (χ0v) is 23.3. The third-order valence-corrected chi connectivity index (χ3v) is 7.46. The number of rotatable bonds is 10. The van der Waals surface area contributed by atoms with Gasteiger partial charge in [-0.1, -0.05) is 71.2 Å². The second-order valence-electron chi connectivity index (χ2n) is 8.31. The summed E-state index contributed by atoms with van der Waals surface area (Å²) in [5.41, 5.74) is 0.872. The van der Waals surface area contributed by atoms with Crippen molar-refractivity contribution in [2.75, 3.05) is 23.7 Å². The van der Waals surface area contributed by atoms with Gasteiger partial charge in [0, 0.05) is 17.6 Å². The van der Waals surface area contributed by atoms with Crippen LogP contribution in [-0.2, 0) is 26.2 Å². The van der Waals surface area contributed by atoms with Gasteiger partial charge in [-0.15, -0.1) is 0 Å². The predicted molar refractivity (Wildman–Crippen MR) is 141 cm³/mol. The molecule has 0 spiro atoms. The fraction of sp³-hybridized carbons (Fsp3) is 0.391. The van der Waals surface area contributed by atoms with Crippen LogP contribution >= 0.6 is 39.1 Å². The van der Waals surface area contributed by atoms with Crippen LogP contribution in [0.2, 0.25) is 10.0 Å². The number of nitrogens with zero attached hydrogens (tertiary/aromatic N) is 2. The fourth-order valence-corrected chi connectivity index (χ4v) is 4.67. The van der Waals surface area contributed by atoms with Gasteiger partial charge >= 0.3 is 0 Å². The average molecular weight is 593 g/mol. The first-order chi connectivity index (χ1) is 15.8. The van der Waals surface area contributed by atoms with Crippen LogP contribution in [-0.4, -0.2) is 50.5 Å². The zero-order chi connectivity index (χ0) is 25.6. The summed E-state index contributed by atoms with van der Waals surface area (Å²) in [6, 6.07) is 11.0. The quantitative estimate of drug-likeness (QED) is 0.433. The molecule has 0 saturated heterocycles. The number of benzene rings is 2. The topological polar surface area (TPSA) is 86.8 Å². The molecule has 11 heteroatoms. The molecule has 0 aliphatic heterocycles. The molecule has 7 nitrogen and oxygen atoms in total. The summed E-state index contributed by atoms with van der Waals surface area (Å²) in [4.78, 5) is 27.6. The largest absolute Gasteiger partial charge is 0.354 e. The third-order valence-electron chi connectivity index (χ3n) is 5.00. The van der Waals surface area contributed by atoms with Crippen LogP contribution in [0.15, 0.2) is 46.9 Å². The summed E-state index contributed by atoms with van der Waals surface area (Å²) in [6.45, 7) is 5.57. The molecule has 1 N–H and O–H groups in total. The SMILES string of the molecule is CC(C)CNC(=O)C(C)N(Cc1ccc(Br)cc1)C(=O)CN(c1cccc(Cl)c1Cl)S(C)(=O)=O. The van der Waals surface area contributed by atoms with E-state index in [1.165, 1.54) is 17.0 Å². The minimum absolute atomic E-state index is 0.0181. The van der Waals surface area contributed by atoms with Crippen LogP contribution in [0.3, 0.4) is 0 Å². The molecule has 1 unspecified atom stereocenters. The van der Waals surface area contributed by atoms with Gasteiger partial charge in [-0.2, -0.15) is 0 Å². The monoisotopic (exact) mass is 591 g/mol. The second kappa shape index (κ2) is 12.2. The maximum atomic E-state index is 13.5. The lowest BCUT2D eigenvalue weighted by atomic mass is 10.1. The number of nitrogens with one attached hydrogen (secondary N) is 1. The Morgan fingerprint density at radius 3 is 2.24 bits per heavy atom. The summed E-state index contributed by atoms with van der Waals surface area (Å²) >= 11 is 15.7. The van der Waals surface area contributed by atoms with E-state index in [1.807, 2.05) is 38.1 Å². The Morgan fingerprint density at radius 2 is 1.68 bits per heavy atom. The number of halogens is 3. The lowest BCUT2D eigenvalue weighted by molar-refractivity contribution is -0.139. The summed E-state index contributed by atoms with van der Waals surface area (Å²) < 4.78 is 27.0. The molecule has 2 rings (SSSR count). The maximum Gasteiger partial charge on any atom is 0.244 e. The van der Waals surface area contributed by atoms with Gasteiger partial charge in [0.1, 0.15) is 12.6 Å². The van der Waals surface area contributed by atoms with Crippen molar-refractivity contribution in [2.45, 2.75) is 33.4 Å². The molecule has 0 fully saturated rings. The lowest BCUT2D eigenvalue weighted by Crippen LogP contribution is -2.51. The van der Waals surface area contributed by atoms with Crippen LogP contribution in [0, 0.1) is 5.92 Å². The van der Waals surface area contributed by atoms with E-state index >= 15 is 0 Å². The molecule has 0 saturated carbocycles. The summed E-state index contributed by atoms with van der Waals surface area (Å²) in [7, 11) is -3.90. The van der Waals surface area contributed by atoms with Crippen molar-refractivity contribution in [1.29, 1.82) is 0 Å². The minimum Gasteiger partial charge on any atom is -0.354 e. The molecule has 0 heterocycles. The number of hydrogen-bond donors (Lipinski definition) is 1. The Balaban J connectivity index is 2.40. The molecule has 34 heavy (non-hydrogen) atoms. The molecule has 2 aromatic rings. The number of sulfonamides is 1. The van der Waals surface area contributed by atoms with E-state index in [-0.39, 0.29) is 34.1 Å². The van der Waals surface area contributed by atoms with E-state index in [0.717, 1.165) is 20.6 Å². The number of hydrogen-bond acceptors (Lipinski definition) is 4. The lowest BCUT2D eigenvalue weighted by Gasteiger charge is -2.32. The van der Waals surface area contributed by atoms with Crippen LogP contribution in [0.25, 0.3) is 0 Å². The first-order valence-electron chi connectivity index (χ1n) is 10.5. The Hall–Kier alpha value is -1.81. The maximum absolute atomic E-state index is 13.5. The van der Waals surface area contributed by atoms with E-state index < -0.39 is 28.5 Å². The molecular formula is C23H28BrCl2N3O4S. The van der Waals surface area contributed by atoms with Crippen molar-refractivity contribution < 1.29 is 18.0 Å². The highest BCUT2D eigenvalue weighted by Crippen LogP contribution is 2.33. The van der Waals surface area contributed by atoms with Crippen LogP contribution in [0.1, 0.15) is 26.3 Å². The van der Waals surface area contributed by atoms with Gasteiger partial charge in [0.15, 0.2) is 0 Å². The van der Waals surface area contributed by atoms with E-state index in [4.69, 9.17) is 23.2 Å². The summed E-state index contributed by atoms with van der Waals surface area (Å²) in [6.07, 6.45) is 0.981. The molecule has 2 amide bonds. The highest BCUT2D eigenvalue weighted by atomic mass is 79.9. The minimum atomic E-state index is -3.90. The van der Waals surface area contributed by atoms with Crippen molar-refractivity contribution in [3.63, 3.8) is 0 Å². The zero-order valence-electron chi connectivity index (χ0n) is 19.4. The third kappa shape index (κ3) is 7.86. The van der Waals surface area contributed by atoms with Gasteiger partial charge in [0.2, 0.25) is 21.8 Å². The Morgan fingerprint density at radius 1 is 1.06 bits per heavy atom. The molecule has 2 aromatic carbocycles. The molecule has 0 aromatic heterocycles. The van der Waals surface area contributed by atoms with Crippen molar-refractivity contribution >= 4 is 66.7 Å². The van der Waals surface area contributed by atoms with Crippen LogP contribution in [0.5, 0.6) is 0 Å². The molecule has 0 radical (unpaired) electrons. The number of carbonyl (C=O) groups excluding carboxylic acids is 2. The Kier molecular flexibility index (Phi) is 10.2. The van der Waals surface area contributed by atoms with Gasteiger partial charge in [-0.05, 0) is 42.7 Å². The van der Waals surface area contributed by atoms with Gasteiger partial charge < -0.3 is 10.2 Å². The second-order valence-corrected chi connectivity index (χ2v) is 11.9. The van der Waals surface area contributed by atoms with Crippen LogP contribution in [0.4, 0.5) is 5.69 Å². The smallest absolute Gasteiger partial charge is 0.244 e. The van der Waals surface area contributed by atoms with Gasteiger partial charge in [0.25, 0.3) is 0 Å². The normalized spacial score (nSPS) is 12.4. The average Bonchev–Trinajstić information content (AvgIpc) is 2.76. The molecule has 0 aliphatic rings. The summed E-state index contributed by atoms with van der Waals surface area (Å²) in [5.74, 6) is -0.653. The molecule has 0 bridgehead atoms. The Labute approximate surface area is 219 Å². The van der Waals surface area contributed by atoms with Crippen molar-refractivity contribution in [2.24, 2.45) is 5.92 Å². The molecule has 0 aliphatic carbocycles. The number of anilines is 1. The Bertz CT molecular complexity index is 1130. The first kappa shape index (κ1) is 28.4. The standard InChI is InChI=1S/C23H28BrCl2N3O4S/c1-15(2)12-27-23(31)16(3)28(13-17-8-10-18(24)11-9-17)21(30)14-29(34(4,32)33)20-7-5-6-19(25)22(20)26/h5-11,15-16H,12-14H2,1-4H3,(H,27,31). The predicted octanol–water partition coefficient (Wildman–Crippen LogP) is 4.71. The molecule has 186 valence electrons. The van der Waals surface area contributed by atoms with Gasteiger partial charge in [-0.25, -0.2) is 8.42 Å². The van der Waals surface area contributed by atoms with E-state index in [1.54, 1.807) is 13.0 Å².